The van der Waals surface area contributed by atoms with Crippen LogP contribution in [0.5, 0.6) is 5.75 Å². The molecule has 0 bridgehead atoms. The Hall–Kier alpha value is -5.20. The first-order valence-electron chi connectivity index (χ1n) is 13.2. The van der Waals surface area contributed by atoms with Crippen molar-refractivity contribution in [2.75, 3.05) is 26.2 Å². The number of nitrogens with zero attached hydrogens (tertiary/aromatic N) is 5. The maximum Gasteiger partial charge on any atom is 0.406 e. The highest BCUT2D eigenvalue weighted by Crippen LogP contribution is 2.28. The summed E-state index contributed by atoms with van der Waals surface area (Å²) in [6.45, 7) is 3.66. The summed E-state index contributed by atoms with van der Waals surface area (Å²) < 4.78 is 20.5. The number of amides is 2. The van der Waals surface area contributed by atoms with Crippen LogP contribution in [0.4, 0.5) is 10.2 Å². The van der Waals surface area contributed by atoms with Crippen LogP contribution in [0.15, 0.2) is 65.6 Å². The van der Waals surface area contributed by atoms with Crippen molar-refractivity contribution in [3.63, 3.8) is 0 Å². The van der Waals surface area contributed by atoms with Crippen LogP contribution in [0.2, 0.25) is 0 Å². The number of hydrogen-bond donors (Lipinski definition) is 1. The zero-order valence-electron chi connectivity index (χ0n) is 22.9. The molecule has 0 aliphatic carbocycles. The molecule has 42 heavy (non-hydrogen) atoms. The van der Waals surface area contributed by atoms with Gasteiger partial charge in [0, 0.05) is 38.0 Å². The summed E-state index contributed by atoms with van der Waals surface area (Å²) in [5.74, 6) is -2.23. The van der Waals surface area contributed by atoms with E-state index >= 15 is 0 Å². The minimum absolute atomic E-state index is 0.103. The topological polar surface area (TPSA) is 152 Å². The number of rotatable bonds is 7. The first-order chi connectivity index (χ1) is 20.0. The van der Waals surface area contributed by atoms with Crippen molar-refractivity contribution in [2.45, 2.75) is 25.9 Å². The van der Waals surface area contributed by atoms with Gasteiger partial charge in [-0.3, -0.25) is 14.4 Å². The SMILES string of the molecule is CC(C)(Oc1cccnc1[N+](=O)[O-])C(=O)N1CCN(C(=O)c2cc(Cc3n[nH]c(=O)c4ccccc34)ccc2F)CC1. The largest absolute Gasteiger partial charge is 0.470 e. The van der Waals surface area contributed by atoms with Crippen LogP contribution < -0.4 is 10.3 Å². The van der Waals surface area contributed by atoms with Gasteiger partial charge in [0.1, 0.15) is 12.0 Å². The van der Waals surface area contributed by atoms with Gasteiger partial charge in [0.15, 0.2) is 5.60 Å². The molecule has 1 saturated heterocycles. The normalized spacial score (nSPS) is 13.7. The van der Waals surface area contributed by atoms with E-state index in [-0.39, 0.29) is 49.5 Å². The Morgan fingerprint density at radius 2 is 1.74 bits per heavy atom. The van der Waals surface area contributed by atoms with Crippen LogP contribution in [0.25, 0.3) is 10.8 Å². The standard InChI is InChI=1S/C29H27FN6O6/c1-29(2,42-24-8-5-11-31-25(24)36(40)41)28(39)35-14-12-34(13-15-35)27(38)21-16-18(9-10-22(21)30)17-23-19-6-3-4-7-20(19)26(37)33-32-23/h3-11,16H,12-15,17H2,1-2H3,(H,33,37). The second kappa shape index (κ2) is 11.4. The summed E-state index contributed by atoms with van der Waals surface area (Å²) in [5, 5.41) is 19.1. The number of aromatic nitrogens is 3. The lowest BCUT2D eigenvalue weighted by molar-refractivity contribution is -0.390. The number of piperazine rings is 1. The number of nitrogens with one attached hydrogen (secondary N) is 1. The molecule has 0 saturated carbocycles. The van der Waals surface area contributed by atoms with Gasteiger partial charge in [-0.1, -0.05) is 24.3 Å². The fourth-order valence-corrected chi connectivity index (χ4v) is 4.93. The Bertz CT molecular complexity index is 1750. The zero-order chi connectivity index (χ0) is 30.0. The molecule has 216 valence electrons. The van der Waals surface area contributed by atoms with Crippen LogP contribution in [0.3, 0.4) is 0 Å². The van der Waals surface area contributed by atoms with Crippen LogP contribution in [-0.4, -0.2) is 73.5 Å². The third kappa shape index (κ3) is 5.66. The molecular formula is C29H27FN6O6. The second-order valence-electron chi connectivity index (χ2n) is 10.3. The van der Waals surface area contributed by atoms with Crippen molar-refractivity contribution in [1.82, 2.24) is 25.0 Å². The van der Waals surface area contributed by atoms with Gasteiger partial charge in [0.2, 0.25) is 5.75 Å². The van der Waals surface area contributed by atoms with E-state index in [0.29, 0.717) is 22.0 Å². The Morgan fingerprint density at radius 3 is 2.45 bits per heavy atom. The van der Waals surface area contributed by atoms with E-state index in [1.807, 2.05) is 0 Å². The monoisotopic (exact) mass is 574 g/mol. The number of halogens is 1. The first-order valence-corrected chi connectivity index (χ1v) is 13.2. The third-order valence-electron chi connectivity index (χ3n) is 7.07. The number of pyridine rings is 1. The lowest BCUT2D eigenvalue weighted by Crippen LogP contribution is -2.56. The minimum atomic E-state index is -1.44. The highest BCUT2D eigenvalue weighted by atomic mass is 19.1. The molecule has 3 heterocycles. The number of carbonyl (C=O) groups is 2. The summed E-state index contributed by atoms with van der Waals surface area (Å²) in [6.07, 6.45) is 1.53. The Morgan fingerprint density at radius 1 is 1.05 bits per heavy atom. The molecule has 0 spiro atoms. The van der Waals surface area contributed by atoms with E-state index in [1.54, 1.807) is 30.3 Å². The maximum atomic E-state index is 14.8. The van der Waals surface area contributed by atoms with E-state index in [1.165, 1.54) is 54.1 Å². The Kier molecular flexibility index (Phi) is 7.66. The van der Waals surface area contributed by atoms with Crippen LogP contribution in [-0.2, 0) is 11.2 Å². The van der Waals surface area contributed by atoms with Gasteiger partial charge in [0.25, 0.3) is 17.4 Å². The van der Waals surface area contributed by atoms with Crippen LogP contribution >= 0.6 is 0 Å². The average Bonchev–Trinajstić information content (AvgIpc) is 2.99. The number of fused-ring (bicyclic) bond motifs is 1. The van der Waals surface area contributed by atoms with Crippen molar-refractivity contribution in [1.29, 1.82) is 0 Å². The molecule has 1 aliphatic rings. The van der Waals surface area contributed by atoms with Crippen molar-refractivity contribution in [3.05, 3.63) is 104 Å². The van der Waals surface area contributed by atoms with E-state index in [0.717, 1.165) is 0 Å². The summed E-state index contributed by atoms with van der Waals surface area (Å²) in [4.78, 5) is 56.0. The number of carbonyl (C=O) groups excluding carboxylic acids is 2. The molecule has 0 atom stereocenters. The van der Waals surface area contributed by atoms with Gasteiger partial charge in [-0.05, 0) is 59.7 Å². The number of nitro groups is 1. The number of hydrogen-bond acceptors (Lipinski definition) is 8. The number of benzene rings is 2. The van der Waals surface area contributed by atoms with Gasteiger partial charge in [-0.2, -0.15) is 5.10 Å². The summed E-state index contributed by atoms with van der Waals surface area (Å²) in [5.41, 5.74) is -0.630. The molecule has 0 radical (unpaired) electrons. The van der Waals surface area contributed by atoms with Crippen molar-refractivity contribution in [2.24, 2.45) is 0 Å². The fraction of sp³-hybridized carbons (Fsp3) is 0.276. The molecule has 1 aliphatic heterocycles. The van der Waals surface area contributed by atoms with E-state index in [9.17, 15) is 28.9 Å². The molecule has 2 aromatic heterocycles. The predicted molar refractivity (Wildman–Crippen MR) is 150 cm³/mol. The van der Waals surface area contributed by atoms with Crippen LogP contribution in [0, 0.1) is 15.9 Å². The highest BCUT2D eigenvalue weighted by molar-refractivity contribution is 5.95. The van der Waals surface area contributed by atoms with E-state index in [4.69, 9.17) is 4.74 Å². The van der Waals surface area contributed by atoms with E-state index < -0.39 is 34.0 Å². The minimum Gasteiger partial charge on any atom is -0.470 e. The zero-order valence-corrected chi connectivity index (χ0v) is 22.9. The Balaban J connectivity index is 1.26. The molecule has 1 fully saturated rings. The van der Waals surface area contributed by atoms with Gasteiger partial charge >= 0.3 is 5.82 Å². The van der Waals surface area contributed by atoms with Crippen molar-refractivity contribution >= 4 is 28.4 Å². The molecule has 5 rings (SSSR count). The number of ether oxygens (including phenoxy) is 1. The second-order valence-corrected chi connectivity index (χ2v) is 10.3. The lowest BCUT2D eigenvalue weighted by Gasteiger charge is -2.38. The van der Waals surface area contributed by atoms with Crippen LogP contribution in [0.1, 0.15) is 35.5 Å². The van der Waals surface area contributed by atoms with Gasteiger partial charge in [-0.15, -0.1) is 0 Å². The smallest absolute Gasteiger partial charge is 0.406 e. The average molecular weight is 575 g/mol. The molecule has 2 aromatic carbocycles. The van der Waals surface area contributed by atoms with E-state index in [2.05, 4.69) is 15.2 Å². The molecule has 2 amide bonds. The maximum absolute atomic E-state index is 14.8. The molecule has 13 heteroatoms. The quantitative estimate of drug-likeness (QED) is 0.261. The fourth-order valence-electron chi connectivity index (χ4n) is 4.93. The number of aromatic amines is 1. The lowest BCUT2D eigenvalue weighted by atomic mass is 10.0. The summed E-state index contributed by atoms with van der Waals surface area (Å²) in [7, 11) is 0. The van der Waals surface area contributed by atoms with Gasteiger partial charge < -0.3 is 24.7 Å². The summed E-state index contributed by atoms with van der Waals surface area (Å²) >= 11 is 0. The predicted octanol–water partition coefficient (Wildman–Crippen LogP) is 3.10. The van der Waals surface area contributed by atoms with Gasteiger partial charge in [-0.25, -0.2) is 9.49 Å². The van der Waals surface area contributed by atoms with Gasteiger partial charge in [0.05, 0.1) is 16.6 Å². The molecule has 12 nitrogen and oxygen atoms in total. The highest BCUT2D eigenvalue weighted by Gasteiger charge is 2.38. The third-order valence-corrected chi connectivity index (χ3v) is 7.07. The molecular weight excluding hydrogens is 547 g/mol. The number of H-pyrrole nitrogens is 1. The molecule has 0 unspecified atom stereocenters. The summed E-state index contributed by atoms with van der Waals surface area (Å²) in [6, 6.07) is 14.2. The molecule has 4 aromatic rings. The van der Waals surface area contributed by atoms with Crippen molar-refractivity contribution in [3.8, 4) is 5.75 Å². The van der Waals surface area contributed by atoms with Crippen molar-refractivity contribution < 1.29 is 23.6 Å². The Labute approximate surface area is 238 Å². The first kappa shape index (κ1) is 28.3. The molecule has 1 N–H and O–H groups in total.